The molecule has 0 unspecified atom stereocenters. The molecule has 2 aliphatic carbocycles. The first kappa shape index (κ1) is 12.1. The van der Waals surface area contributed by atoms with Gasteiger partial charge in [-0.3, -0.25) is 0 Å². The molecule has 2 atom stereocenters. The van der Waals surface area contributed by atoms with Crippen LogP contribution in [0.1, 0.15) is 39.5 Å². The lowest BCUT2D eigenvalue weighted by Crippen LogP contribution is -2.13. The molecule has 0 aliphatic heterocycles. The number of hydrogen-bond donors (Lipinski definition) is 0. The summed E-state index contributed by atoms with van der Waals surface area (Å²) in [7, 11) is 3.42. The third-order valence-electron chi connectivity index (χ3n) is 4.66. The van der Waals surface area contributed by atoms with Crippen LogP contribution in [0.4, 0.5) is 0 Å². The summed E-state index contributed by atoms with van der Waals surface area (Å²) in [6.45, 7) is 4.82. The third kappa shape index (κ3) is 2.18. The quantitative estimate of drug-likeness (QED) is 0.526. The molecule has 2 nitrogen and oxygen atoms in total. The Morgan fingerprint density at radius 1 is 1.31 bits per heavy atom. The Morgan fingerprint density at radius 2 is 2.00 bits per heavy atom. The van der Waals surface area contributed by atoms with Crippen LogP contribution in [0.2, 0.25) is 0 Å². The molecule has 0 bridgehead atoms. The van der Waals surface area contributed by atoms with Crippen molar-refractivity contribution in [3.8, 4) is 0 Å². The van der Waals surface area contributed by atoms with Crippen LogP contribution in [0.5, 0.6) is 0 Å². The molecule has 92 valence electrons. The molecule has 0 radical (unpaired) electrons. The summed E-state index contributed by atoms with van der Waals surface area (Å²) >= 11 is 0. The summed E-state index contributed by atoms with van der Waals surface area (Å²) in [6.07, 6.45) is 7.13. The van der Waals surface area contributed by atoms with Crippen LogP contribution in [-0.4, -0.2) is 20.5 Å². The van der Waals surface area contributed by atoms with E-state index in [0.717, 1.165) is 24.7 Å². The minimum atomic E-state index is -0.0363. The van der Waals surface area contributed by atoms with E-state index < -0.39 is 0 Å². The SMILES string of the molecule is COC(CCC1=CC[C@@H]2[C@H](C1)C2(C)C)OC. The van der Waals surface area contributed by atoms with E-state index in [0.29, 0.717) is 5.41 Å². The maximum absolute atomic E-state index is 5.22. The van der Waals surface area contributed by atoms with E-state index in [2.05, 4.69) is 19.9 Å². The summed E-state index contributed by atoms with van der Waals surface area (Å²) in [5.74, 6) is 1.90. The Bertz CT molecular complexity index is 276. The molecule has 0 spiro atoms. The summed E-state index contributed by atoms with van der Waals surface area (Å²) in [5, 5.41) is 0. The second kappa shape index (κ2) is 4.50. The van der Waals surface area contributed by atoms with Gasteiger partial charge in [0, 0.05) is 20.6 Å². The zero-order chi connectivity index (χ0) is 11.8. The Labute approximate surface area is 99.0 Å². The van der Waals surface area contributed by atoms with Crippen LogP contribution in [0.15, 0.2) is 11.6 Å². The molecule has 0 N–H and O–H groups in total. The molecule has 0 aromatic carbocycles. The zero-order valence-electron chi connectivity index (χ0n) is 11.0. The summed E-state index contributed by atoms with van der Waals surface area (Å²) in [5.41, 5.74) is 2.21. The van der Waals surface area contributed by atoms with E-state index in [9.17, 15) is 0 Å². The second-order valence-corrected chi connectivity index (χ2v) is 5.78. The minimum absolute atomic E-state index is 0.0363. The monoisotopic (exact) mass is 224 g/mol. The first-order valence-electron chi connectivity index (χ1n) is 6.33. The molecular formula is C14H24O2. The van der Waals surface area contributed by atoms with Crippen molar-refractivity contribution in [1.82, 2.24) is 0 Å². The fourth-order valence-electron chi connectivity index (χ4n) is 3.23. The summed E-state index contributed by atoms with van der Waals surface area (Å²) in [4.78, 5) is 0. The zero-order valence-corrected chi connectivity index (χ0v) is 11.0. The van der Waals surface area contributed by atoms with Gasteiger partial charge in [0.15, 0.2) is 6.29 Å². The number of rotatable bonds is 5. The van der Waals surface area contributed by atoms with Crippen LogP contribution in [0.3, 0.4) is 0 Å². The summed E-state index contributed by atoms with van der Waals surface area (Å²) < 4.78 is 10.4. The molecule has 1 fully saturated rings. The third-order valence-corrected chi connectivity index (χ3v) is 4.66. The van der Waals surface area contributed by atoms with Gasteiger partial charge in [0.1, 0.15) is 0 Å². The van der Waals surface area contributed by atoms with Gasteiger partial charge in [-0.25, -0.2) is 0 Å². The molecule has 2 rings (SSSR count). The lowest BCUT2D eigenvalue weighted by molar-refractivity contribution is -0.105. The maximum atomic E-state index is 5.22. The van der Waals surface area contributed by atoms with Gasteiger partial charge in [-0.05, 0) is 36.5 Å². The Morgan fingerprint density at radius 3 is 2.56 bits per heavy atom. The number of hydrogen-bond acceptors (Lipinski definition) is 2. The van der Waals surface area contributed by atoms with Crippen LogP contribution >= 0.6 is 0 Å². The van der Waals surface area contributed by atoms with Gasteiger partial charge in [-0.15, -0.1) is 0 Å². The van der Waals surface area contributed by atoms with Gasteiger partial charge in [0.05, 0.1) is 0 Å². The molecule has 0 aromatic heterocycles. The normalized spacial score (nSPS) is 31.2. The molecule has 0 aromatic rings. The topological polar surface area (TPSA) is 18.5 Å². The highest BCUT2D eigenvalue weighted by Crippen LogP contribution is 2.64. The van der Waals surface area contributed by atoms with Gasteiger partial charge in [0.2, 0.25) is 0 Å². The molecular weight excluding hydrogens is 200 g/mol. The summed E-state index contributed by atoms with van der Waals surface area (Å²) in [6, 6.07) is 0. The highest BCUT2D eigenvalue weighted by Gasteiger charge is 2.57. The number of methoxy groups -OCH3 is 2. The Kier molecular flexibility index (Phi) is 3.41. The van der Waals surface area contributed by atoms with Crippen LogP contribution in [0, 0.1) is 17.3 Å². The van der Waals surface area contributed by atoms with Gasteiger partial charge in [0.25, 0.3) is 0 Å². The predicted octanol–water partition coefficient (Wildman–Crippen LogP) is 3.38. The van der Waals surface area contributed by atoms with Crippen molar-refractivity contribution in [1.29, 1.82) is 0 Å². The van der Waals surface area contributed by atoms with Crippen LogP contribution in [-0.2, 0) is 9.47 Å². The van der Waals surface area contributed by atoms with Gasteiger partial charge >= 0.3 is 0 Å². The fraction of sp³-hybridized carbons (Fsp3) is 0.857. The molecule has 2 heteroatoms. The largest absolute Gasteiger partial charge is 0.356 e. The maximum Gasteiger partial charge on any atom is 0.157 e. The van der Waals surface area contributed by atoms with E-state index in [1.165, 1.54) is 12.8 Å². The van der Waals surface area contributed by atoms with E-state index in [1.54, 1.807) is 19.8 Å². The van der Waals surface area contributed by atoms with Crippen molar-refractivity contribution in [2.24, 2.45) is 17.3 Å². The molecule has 0 amide bonds. The van der Waals surface area contributed by atoms with Crippen LogP contribution < -0.4 is 0 Å². The molecule has 16 heavy (non-hydrogen) atoms. The average Bonchev–Trinajstić information content (AvgIpc) is 2.83. The van der Waals surface area contributed by atoms with Crippen molar-refractivity contribution < 1.29 is 9.47 Å². The molecule has 0 saturated heterocycles. The van der Waals surface area contributed by atoms with E-state index in [1.807, 2.05) is 0 Å². The Balaban J connectivity index is 1.78. The van der Waals surface area contributed by atoms with Crippen molar-refractivity contribution in [2.45, 2.75) is 45.8 Å². The number of ether oxygens (including phenoxy) is 2. The molecule has 1 saturated carbocycles. The second-order valence-electron chi connectivity index (χ2n) is 5.78. The molecule has 2 aliphatic rings. The highest BCUT2D eigenvalue weighted by molar-refractivity contribution is 5.20. The van der Waals surface area contributed by atoms with E-state index in [4.69, 9.17) is 9.47 Å². The first-order chi connectivity index (χ1) is 7.59. The lowest BCUT2D eigenvalue weighted by Gasteiger charge is -2.16. The van der Waals surface area contributed by atoms with Gasteiger partial charge in [-0.2, -0.15) is 0 Å². The van der Waals surface area contributed by atoms with Gasteiger partial charge < -0.3 is 9.47 Å². The van der Waals surface area contributed by atoms with Crippen LogP contribution in [0.25, 0.3) is 0 Å². The van der Waals surface area contributed by atoms with Crippen molar-refractivity contribution >= 4 is 0 Å². The van der Waals surface area contributed by atoms with E-state index >= 15 is 0 Å². The predicted molar refractivity (Wildman–Crippen MR) is 65.1 cm³/mol. The van der Waals surface area contributed by atoms with Crippen molar-refractivity contribution in [3.63, 3.8) is 0 Å². The van der Waals surface area contributed by atoms with Gasteiger partial charge in [-0.1, -0.05) is 25.5 Å². The molecule has 0 heterocycles. The smallest absolute Gasteiger partial charge is 0.157 e. The number of allylic oxidation sites excluding steroid dienone is 2. The van der Waals surface area contributed by atoms with Crippen molar-refractivity contribution in [2.75, 3.05) is 14.2 Å². The minimum Gasteiger partial charge on any atom is -0.356 e. The van der Waals surface area contributed by atoms with Crippen molar-refractivity contribution in [3.05, 3.63) is 11.6 Å². The fourth-order valence-corrected chi connectivity index (χ4v) is 3.23. The Hall–Kier alpha value is -0.340. The number of fused-ring (bicyclic) bond motifs is 1. The first-order valence-corrected chi connectivity index (χ1v) is 6.33. The van der Waals surface area contributed by atoms with E-state index in [-0.39, 0.29) is 6.29 Å². The lowest BCUT2D eigenvalue weighted by atomic mass is 9.96. The highest BCUT2D eigenvalue weighted by atomic mass is 16.7. The standard InChI is InChI=1S/C14H24O2/c1-14(2)11-7-5-10(9-12(11)14)6-8-13(15-3)16-4/h5,11-13H,6-9H2,1-4H3/t11-,12+/m1/s1. The average molecular weight is 224 g/mol.